The van der Waals surface area contributed by atoms with E-state index in [2.05, 4.69) is 32.6 Å². The maximum Gasteiger partial charge on any atom is 0.00460 e. The van der Waals surface area contributed by atoms with E-state index in [1.54, 1.807) is 0 Å². The molecular formula is C17H35NS. The van der Waals surface area contributed by atoms with E-state index < -0.39 is 0 Å². The first-order valence-electron chi connectivity index (χ1n) is 8.31. The third-order valence-electron chi connectivity index (χ3n) is 4.31. The van der Waals surface area contributed by atoms with E-state index in [4.69, 9.17) is 12.6 Å². The standard InChI is InChI=1S/C17H35NS/c1-15(2)11-18(12-16(3)4)13-17(14-19)9-7-5-6-8-10-17/h15-16,19H,5-14H2,1-4H3. The maximum atomic E-state index is 4.73. The Morgan fingerprint density at radius 3 is 1.74 bits per heavy atom. The first-order valence-corrected chi connectivity index (χ1v) is 8.94. The molecule has 1 rings (SSSR count). The molecule has 0 aliphatic heterocycles. The molecule has 1 aliphatic rings. The fourth-order valence-electron chi connectivity index (χ4n) is 3.56. The third kappa shape index (κ3) is 6.53. The van der Waals surface area contributed by atoms with Gasteiger partial charge < -0.3 is 4.90 Å². The molecule has 0 aromatic heterocycles. The van der Waals surface area contributed by atoms with Gasteiger partial charge >= 0.3 is 0 Å². The summed E-state index contributed by atoms with van der Waals surface area (Å²) in [6, 6.07) is 0. The molecule has 0 unspecified atom stereocenters. The predicted octanol–water partition coefficient (Wildman–Crippen LogP) is 4.87. The molecule has 1 nitrogen and oxygen atoms in total. The Balaban J connectivity index is 2.66. The molecule has 1 fully saturated rings. The zero-order valence-corrected chi connectivity index (χ0v) is 14.5. The van der Waals surface area contributed by atoms with Crippen molar-refractivity contribution in [1.29, 1.82) is 0 Å². The Hall–Kier alpha value is 0.310. The minimum absolute atomic E-state index is 0.489. The van der Waals surface area contributed by atoms with Gasteiger partial charge in [-0.25, -0.2) is 0 Å². The average molecular weight is 286 g/mol. The van der Waals surface area contributed by atoms with Crippen LogP contribution >= 0.6 is 12.6 Å². The molecule has 0 heterocycles. The fourth-order valence-corrected chi connectivity index (χ4v) is 3.97. The molecule has 0 radical (unpaired) electrons. The van der Waals surface area contributed by atoms with Crippen molar-refractivity contribution in [2.24, 2.45) is 17.3 Å². The average Bonchev–Trinajstić information content (AvgIpc) is 2.53. The topological polar surface area (TPSA) is 3.24 Å². The Morgan fingerprint density at radius 2 is 1.37 bits per heavy atom. The molecule has 2 heteroatoms. The van der Waals surface area contributed by atoms with Crippen LogP contribution in [-0.4, -0.2) is 30.3 Å². The highest BCUT2D eigenvalue weighted by Gasteiger charge is 2.31. The monoisotopic (exact) mass is 285 g/mol. The van der Waals surface area contributed by atoms with Crippen LogP contribution in [0.2, 0.25) is 0 Å². The van der Waals surface area contributed by atoms with Gasteiger partial charge in [0.1, 0.15) is 0 Å². The van der Waals surface area contributed by atoms with E-state index in [0.717, 1.165) is 17.6 Å². The number of rotatable bonds is 7. The van der Waals surface area contributed by atoms with E-state index >= 15 is 0 Å². The maximum absolute atomic E-state index is 4.73. The predicted molar refractivity (Wildman–Crippen MR) is 90.1 cm³/mol. The second-order valence-corrected chi connectivity index (χ2v) is 7.87. The van der Waals surface area contributed by atoms with Crippen molar-refractivity contribution in [3.05, 3.63) is 0 Å². The summed E-state index contributed by atoms with van der Waals surface area (Å²) < 4.78 is 0. The van der Waals surface area contributed by atoms with E-state index in [1.807, 2.05) is 0 Å². The van der Waals surface area contributed by atoms with Gasteiger partial charge in [-0.1, -0.05) is 53.4 Å². The van der Waals surface area contributed by atoms with E-state index in [-0.39, 0.29) is 0 Å². The molecule has 1 aliphatic carbocycles. The SMILES string of the molecule is CC(C)CN(CC(C)C)CC1(CS)CCCCCC1. The number of hydrogen-bond acceptors (Lipinski definition) is 2. The molecule has 0 saturated heterocycles. The first-order chi connectivity index (χ1) is 8.97. The summed E-state index contributed by atoms with van der Waals surface area (Å²) >= 11 is 4.73. The van der Waals surface area contributed by atoms with E-state index in [1.165, 1.54) is 58.2 Å². The van der Waals surface area contributed by atoms with Gasteiger partial charge in [0.05, 0.1) is 0 Å². The van der Waals surface area contributed by atoms with Crippen LogP contribution in [0.3, 0.4) is 0 Å². The van der Waals surface area contributed by atoms with Gasteiger partial charge in [-0.15, -0.1) is 0 Å². The Labute approximate surface area is 126 Å². The lowest BCUT2D eigenvalue weighted by Crippen LogP contribution is -2.42. The van der Waals surface area contributed by atoms with Gasteiger partial charge in [0.15, 0.2) is 0 Å². The van der Waals surface area contributed by atoms with Crippen LogP contribution in [-0.2, 0) is 0 Å². The second-order valence-electron chi connectivity index (χ2n) is 7.55. The number of nitrogens with zero attached hydrogens (tertiary/aromatic N) is 1. The summed E-state index contributed by atoms with van der Waals surface area (Å²) in [5, 5.41) is 0. The lowest BCUT2D eigenvalue weighted by molar-refractivity contribution is 0.126. The molecule has 0 spiro atoms. The summed E-state index contributed by atoms with van der Waals surface area (Å²) in [4.78, 5) is 2.72. The normalized spacial score (nSPS) is 20.2. The highest BCUT2D eigenvalue weighted by atomic mass is 32.1. The highest BCUT2D eigenvalue weighted by molar-refractivity contribution is 7.80. The van der Waals surface area contributed by atoms with Crippen molar-refractivity contribution in [1.82, 2.24) is 4.90 Å². The van der Waals surface area contributed by atoms with Gasteiger partial charge in [-0.2, -0.15) is 12.6 Å². The summed E-state index contributed by atoms with van der Waals surface area (Å²) in [5.74, 6) is 2.60. The molecular weight excluding hydrogens is 250 g/mol. The van der Waals surface area contributed by atoms with Gasteiger partial charge in [-0.05, 0) is 35.8 Å². The van der Waals surface area contributed by atoms with Crippen LogP contribution in [0.25, 0.3) is 0 Å². The number of hydrogen-bond donors (Lipinski definition) is 1. The summed E-state index contributed by atoms with van der Waals surface area (Å²) in [6.07, 6.45) is 8.48. The second kappa shape index (κ2) is 8.56. The Morgan fingerprint density at radius 1 is 0.895 bits per heavy atom. The molecule has 0 bridgehead atoms. The molecule has 0 aromatic carbocycles. The van der Waals surface area contributed by atoms with Crippen molar-refractivity contribution in [3.63, 3.8) is 0 Å². The Bertz CT molecular complexity index is 219. The molecule has 0 amide bonds. The van der Waals surface area contributed by atoms with Gasteiger partial charge in [0, 0.05) is 19.6 Å². The minimum Gasteiger partial charge on any atom is -0.302 e. The van der Waals surface area contributed by atoms with Crippen molar-refractivity contribution in [2.75, 3.05) is 25.4 Å². The molecule has 1 saturated carbocycles. The van der Waals surface area contributed by atoms with Crippen molar-refractivity contribution in [3.8, 4) is 0 Å². The van der Waals surface area contributed by atoms with Crippen LogP contribution in [0.4, 0.5) is 0 Å². The van der Waals surface area contributed by atoms with E-state index in [0.29, 0.717) is 5.41 Å². The third-order valence-corrected chi connectivity index (χ3v) is 4.98. The van der Waals surface area contributed by atoms with Crippen molar-refractivity contribution < 1.29 is 0 Å². The van der Waals surface area contributed by atoms with E-state index in [9.17, 15) is 0 Å². The quantitative estimate of drug-likeness (QED) is 0.516. The number of thiol groups is 1. The van der Waals surface area contributed by atoms with Gasteiger partial charge in [0.25, 0.3) is 0 Å². The molecule has 0 atom stereocenters. The van der Waals surface area contributed by atoms with Crippen LogP contribution in [0.5, 0.6) is 0 Å². The van der Waals surface area contributed by atoms with Crippen LogP contribution in [0, 0.1) is 17.3 Å². The van der Waals surface area contributed by atoms with Crippen LogP contribution < -0.4 is 0 Å². The minimum atomic E-state index is 0.489. The van der Waals surface area contributed by atoms with Crippen LogP contribution in [0.15, 0.2) is 0 Å². The zero-order valence-electron chi connectivity index (χ0n) is 13.6. The zero-order chi connectivity index (χ0) is 14.3. The van der Waals surface area contributed by atoms with Gasteiger partial charge in [0.2, 0.25) is 0 Å². The lowest BCUT2D eigenvalue weighted by Gasteiger charge is -2.38. The van der Waals surface area contributed by atoms with Crippen molar-refractivity contribution in [2.45, 2.75) is 66.2 Å². The molecule has 0 N–H and O–H groups in total. The largest absolute Gasteiger partial charge is 0.302 e. The van der Waals surface area contributed by atoms with Crippen molar-refractivity contribution >= 4 is 12.6 Å². The first kappa shape index (κ1) is 17.4. The summed E-state index contributed by atoms with van der Waals surface area (Å²) in [7, 11) is 0. The summed E-state index contributed by atoms with van der Waals surface area (Å²) in [5.41, 5.74) is 0.489. The molecule has 19 heavy (non-hydrogen) atoms. The molecule has 114 valence electrons. The Kier molecular flexibility index (Phi) is 7.83. The summed E-state index contributed by atoms with van der Waals surface area (Å²) in [6.45, 7) is 13.1. The lowest BCUT2D eigenvalue weighted by atomic mass is 9.81. The highest BCUT2D eigenvalue weighted by Crippen LogP contribution is 2.37. The molecule has 0 aromatic rings. The smallest absolute Gasteiger partial charge is 0.00460 e. The van der Waals surface area contributed by atoms with Gasteiger partial charge in [-0.3, -0.25) is 0 Å². The fraction of sp³-hybridized carbons (Fsp3) is 1.00. The van der Waals surface area contributed by atoms with Crippen LogP contribution in [0.1, 0.15) is 66.2 Å².